The van der Waals surface area contributed by atoms with E-state index in [4.69, 9.17) is 4.74 Å². The van der Waals surface area contributed by atoms with E-state index in [-0.39, 0.29) is 5.97 Å². The van der Waals surface area contributed by atoms with Gasteiger partial charge in [-0.05, 0) is 58.9 Å². The van der Waals surface area contributed by atoms with Crippen LogP contribution >= 0.6 is 0 Å². The summed E-state index contributed by atoms with van der Waals surface area (Å²) in [4.78, 5) is 14.6. The number of nitrogens with one attached hydrogen (secondary N) is 1. The van der Waals surface area contributed by atoms with Gasteiger partial charge in [-0.3, -0.25) is 4.79 Å². The number of nitrogens with zero attached hydrogens (tertiary/aromatic N) is 1. The summed E-state index contributed by atoms with van der Waals surface area (Å²) in [5, 5.41) is 3.15. The van der Waals surface area contributed by atoms with E-state index < -0.39 is 5.54 Å². The fourth-order valence-corrected chi connectivity index (χ4v) is 2.48. The van der Waals surface area contributed by atoms with Crippen molar-refractivity contribution < 1.29 is 9.53 Å². The van der Waals surface area contributed by atoms with Crippen LogP contribution in [0.2, 0.25) is 0 Å². The van der Waals surface area contributed by atoms with Crippen LogP contribution in [0.3, 0.4) is 0 Å². The summed E-state index contributed by atoms with van der Waals surface area (Å²) in [6, 6.07) is 0.781. The van der Waals surface area contributed by atoms with Crippen LogP contribution in [0.1, 0.15) is 46.0 Å². The quantitative estimate of drug-likeness (QED) is 0.647. The zero-order valence-corrected chi connectivity index (χ0v) is 12.6. The van der Waals surface area contributed by atoms with Gasteiger partial charge in [-0.2, -0.15) is 0 Å². The topological polar surface area (TPSA) is 41.6 Å². The Morgan fingerprint density at radius 1 is 1.37 bits per heavy atom. The summed E-state index contributed by atoms with van der Waals surface area (Å²) in [6.45, 7) is 6.49. The van der Waals surface area contributed by atoms with Gasteiger partial charge in [0.2, 0.25) is 0 Å². The lowest BCUT2D eigenvalue weighted by Gasteiger charge is -2.30. The van der Waals surface area contributed by atoms with Gasteiger partial charge in [0.15, 0.2) is 0 Å². The monoisotopic (exact) mass is 268 g/mol. The van der Waals surface area contributed by atoms with E-state index in [2.05, 4.69) is 10.2 Å². The maximum absolute atomic E-state index is 12.0. The molecule has 0 bridgehead atoms. The molecule has 2 aliphatic carbocycles. The van der Waals surface area contributed by atoms with Crippen LogP contribution in [-0.4, -0.2) is 49.2 Å². The summed E-state index contributed by atoms with van der Waals surface area (Å²) >= 11 is 0. The molecule has 0 aromatic heterocycles. The lowest BCUT2D eigenvalue weighted by molar-refractivity contribution is -0.150. The minimum absolute atomic E-state index is 0.125. The highest BCUT2D eigenvalue weighted by Crippen LogP contribution is 2.35. The fraction of sp³-hybridized carbons (Fsp3) is 0.933. The SMILES string of the molecule is CCOC(=O)C(C)(CCN(CC1CC1)C1CC1)NC. The minimum Gasteiger partial charge on any atom is -0.465 e. The van der Waals surface area contributed by atoms with Crippen LogP contribution < -0.4 is 5.32 Å². The van der Waals surface area contributed by atoms with E-state index in [1.807, 2.05) is 20.9 Å². The molecule has 0 radical (unpaired) electrons. The molecule has 19 heavy (non-hydrogen) atoms. The summed E-state index contributed by atoms with van der Waals surface area (Å²) in [5.41, 5.74) is -0.549. The van der Waals surface area contributed by atoms with Gasteiger partial charge in [-0.15, -0.1) is 0 Å². The van der Waals surface area contributed by atoms with Crippen molar-refractivity contribution >= 4 is 5.97 Å². The largest absolute Gasteiger partial charge is 0.465 e. The van der Waals surface area contributed by atoms with Gasteiger partial charge in [0.1, 0.15) is 5.54 Å². The van der Waals surface area contributed by atoms with Gasteiger partial charge in [-0.25, -0.2) is 0 Å². The van der Waals surface area contributed by atoms with Gasteiger partial charge in [-0.1, -0.05) is 0 Å². The first-order chi connectivity index (χ1) is 9.09. The van der Waals surface area contributed by atoms with Crippen LogP contribution in [-0.2, 0) is 9.53 Å². The molecule has 1 N–H and O–H groups in total. The molecule has 0 amide bonds. The number of esters is 1. The fourth-order valence-electron chi connectivity index (χ4n) is 2.48. The van der Waals surface area contributed by atoms with Crippen LogP contribution in [0.15, 0.2) is 0 Å². The van der Waals surface area contributed by atoms with Crippen LogP contribution in [0.25, 0.3) is 0 Å². The Hall–Kier alpha value is -0.610. The third-order valence-corrected chi connectivity index (χ3v) is 4.43. The van der Waals surface area contributed by atoms with Crippen molar-refractivity contribution in [3.63, 3.8) is 0 Å². The molecule has 0 heterocycles. The Balaban J connectivity index is 1.83. The van der Waals surface area contributed by atoms with E-state index >= 15 is 0 Å². The molecular formula is C15H28N2O2. The second kappa shape index (κ2) is 6.23. The maximum atomic E-state index is 12.0. The van der Waals surface area contributed by atoms with Gasteiger partial charge >= 0.3 is 5.97 Å². The maximum Gasteiger partial charge on any atom is 0.326 e. The Morgan fingerprint density at radius 3 is 2.53 bits per heavy atom. The Morgan fingerprint density at radius 2 is 2.05 bits per heavy atom. The van der Waals surface area contributed by atoms with Crippen LogP contribution in [0.4, 0.5) is 0 Å². The summed E-state index contributed by atoms with van der Waals surface area (Å²) in [5.74, 6) is 0.795. The second-order valence-electron chi connectivity index (χ2n) is 6.22. The molecular weight excluding hydrogens is 240 g/mol. The molecule has 2 saturated carbocycles. The molecule has 110 valence electrons. The van der Waals surface area contributed by atoms with Gasteiger partial charge in [0.25, 0.3) is 0 Å². The normalized spacial score (nSPS) is 22.3. The lowest BCUT2D eigenvalue weighted by Crippen LogP contribution is -2.51. The molecule has 0 saturated heterocycles. The lowest BCUT2D eigenvalue weighted by atomic mass is 9.97. The predicted octanol–water partition coefficient (Wildman–Crippen LogP) is 1.79. The van der Waals surface area contributed by atoms with Crippen molar-refractivity contribution in [2.75, 3.05) is 26.7 Å². The molecule has 0 aromatic rings. The smallest absolute Gasteiger partial charge is 0.326 e. The molecule has 1 atom stereocenters. The summed E-state index contributed by atoms with van der Waals surface area (Å²) in [7, 11) is 1.85. The zero-order valence-electron chi connectivity index (χ0n) is 12.6. The number of hydrogen-bond donors (Lipinski definition) is 1. The predicted molar refractivity (Wildman–Crippen MR) is 76.0 cm³/mol. The third-order valence-electron chi connectivity index (χ3n) is 4.43. The van der Waals surface area contributed by atoms with Crippen molar-refractivity contribution in [2.24, 2.45) is 5.92 Å². The standard InChI is InChI=1S/C15H28N2O2/c1-4-19-14(18)15(2,16-3)9-10-17(13-7-8-13)11-12-5-6-12/h12-13,16H,4-11H2,1-3H3. The van der Waals surface area contributed by atoms with Crippen molar-refractivity contribution in [2.45, 2.75) is 57.5 Å². The number of rotatable bonds is 9. The van der Waals surface area contributed by atoms with E-state index in [9.17, 15) is 4.79 Å². The van der Waals surface area contributed by atoms with Crippen molar-refractivity contribution in [3.05, 3.63) is 0 Å². The summed E-state index contributed by atoms with van der Waals surface area (Å²) < 4.78 is 5.18. The molecule has 4 heteroatoms. The molecule has 1 unspecified atom stereocenters. The van der Waals surface area contributed by atoms with Crippen LogP contribution in [0, 0.1) is 5.92 Å². The molecule has 0 spiro atoms. The Labute approximate surface area is 116 Å². The molecule has 2 rings (SSSR count). The Kier molecular flexibility index (Phi) is 4.85. The highest BCUT2D eigenvalue weighted by atomic mass is 16.5. The molecule has 0 aromatic carbocycles. The van der Waals surface area contributed by atoms with E-state index in [1.165, 1.54) is 32.2 Å². The number of carbonyl (C=O) groups is 1. The van der Waals surface area contributed by atoms with Crippen molar-refractivity contribution in [1.29, 1.82) is 0 Å². The first kappa shape index (κ1) is 14.8. The van der Waals surface area contributed by atoms with Crippen LogP contribution in [0.5, 0.6) is 0 Å². The molecule has 4 nitrogen and oxygen atoms in total. The van der Waals surface area contributed by atoms with E-state index in [1.54, 1.807) is 0 Å². The van der Waals surface area contributed by atoms with E-state index in [0.29, 0.717) is 6.61 Å². The zero-order chi connectivity index (χ0) is 13.9. The second-order valence-corrected chi connectivity index (χ2v) is 6.22. The first-order valence-corrected chi connectivity index (χ1v) is 7.69. The highest BCUT2D eigenvalue weighted by Gasteiger charge is 2.37. The Bertz CT molecular complexity index is 313. The third kappa shape index (κ3) is 4.18. The average Bonchev–Trinajstić information content (AvgIpc) is 3.27. The highest BCUT2D eigenvalue weighted by molar-refractivity contribution is 5.80. The number of hydrogen-bond acceptors (Lipinski definition) is 4. The molecule has 2 fully saturated rings. The molecule has 2 aliphatic rings. The number of likely N-dealkylation sites (N-methyl/N-ethyl adjacent to an activating group) is 1. The van der Waals surface area contributed by atoms with Crippen molar-refractivity contribution in [3.8, 4) is 0 Å². The van der Waals surface area contributed by atoms with E-state index in [0.717, 1.165) is 24.9 Å². The summed E-state index contributed by atoms with van der Waals surface area (Å²) in [6.07, 6.45) is 6.28. The van der Waals surface area contributed by atoms with Gasteiger partial charge < -0.3 is 15.0 Å². The minimum atomic E-state index is -0.549. The van der Waals surface area contributed by atoms with Gasteiger partial charge in [0.05, 0.1) is 6.61 Å². The van der Waals surface area contributed by atoms with Crippen molar-refractivity contribution in [1.82, 2.24) is 10.2 Å². The number of carbonyl (C=O) groups excluding carboxylic acids is 1. The van der Waals surface area contributed by atoms with Gasteiger partial charge in [0, 0.05) is 19.1 Å². The molecule has 0 aliphatic heterocycles. The average molecular weight is 268 g/mol. The number of ether oxygens (including phenoxy) is 1. The first-order valence-electron chi connectivity index (χ1n) is 7.69.